The molecule has 0 fully saturated rings. The van der Waals surface area contributed by atoms with Gasteiger partial charge in [-0.25, -0.2) is 0 Å². The maximum Gasteiger partial charge on any atom is 0.406 e. The molecule has 0 atom stereocenters. The van der Waals surface area contributed by atoms with E-state index in [1.165, 1.54) is 31.4 Å². The van der Waals surface area contributed by atoms with Crippen molar-refractivity contribution in [3.63, 3.8) is 0 Å². The first-order valence-corrected chi connectivity index (χ1v) is 9.16. The summed E-state index contributed by atoms with van der Waals surface area (Å²) in [4.78, 5) is 13.5. The van der Waals surface area contributed by atoms with Crippen LogP contribution in [0, 0.1) is 0 Å². The fraction of sp³-hybridized carbons (Fsp3) is 0.174. The van der Waals surface area contributed by atoms with E-state index in [9.17, 15) is 18.0 Å². The topological polar surface area (TPSA) is 38.8 Å². The summed E-state index contributed by atoms with van der Waals surface area (Å²) in [6, 6.07) is 21.6. The smallest absolute Gasteiger partial charge is 0.406 e. The van der Waals surface area contributed by atoms with E-state index < -0.39 is 18.6 Å². The lowest BCUT2D eigenvalue weighted by molar-refractivity contribution is -0.141. The van der Waals surface area contributed by atoms with Gasteiger partial charge in [0.1, 0.15) is 12.3 Å². The Balaban J connectivity index is 1.77. The second-order valence-corrected chi connectivity index (χ2v) is 6.54. The fourth-order valence-electron chi connectivity index (χ4n) is 2.90. The van der Waals surface area contributed by atoms with Crippen LogP contribution in [0.4, 0.5) is 13.2 Å². The van der Waals surface area contributed by atoms with Crippen molar-refractivity contribution in [1.29, 1.82) is 0 Å². The van der Waals surface area contributed by atoms with E-state index in [1.54, 1.807) is 54.6 Å². The molecule has 0 unspecified atom stereocenters. The van der Waals surface area contributed by atoms with Crippen LogP contribution in [-0.4, -0.2) is 30.6 Å². The highest BCUT2D eigenvalue weighted by Crippen LogP contribution is 2.31. The molecule has 0 aromatic heterocycles. The molecular weight excluding hydrogens is 395 g/mol. The van der Waals surface area contributed by atoms with Gasteiger partial charge in [0.15, 0.2) is 11.5 Å². The monoisotopic (exact) mass is 415 g/mol. The lowest BCUT2D eigenvalue weighted by Crippen LogP contribution is -2.38. The second-order valence-electron chi connectivity index (χ2n) is 6.54. The molecule has 30 heavy (non-hydrogen) atoms. The van der Waals surface area contributed by atoms with Gasteiger partial charge in [0.05, 0.1) is 7.11 Å². The SMILES string of the molecule is COc1ccccc1Oc1ccc(C(=O)N(Cc2ccccc2)CC(F)(F)F)cc1. The minimum atomic E-state index is -4.50. The van der Waals surface area contributed by atoms with Gasteiger partial charge in [-0.3, -0.25) is 4.79 Å². The Morgan fingerprint density at radius 2 is 1.47 bits per heavy atom. The molecule has 3 rings (SSSR count). The summed E-state index contributed by atoms with van der Waals surface area (Å²) in [5.41, 5.74) is 0.758. The number of carbonyl (C=O) groups excluding carboxylic acids is 1. The molecule has 1 amide bonds. The van der Waals surface area contributed by atoms with Crippen LogP contribution in [0.15, 0.2) is 78.9 Å². The second kappa shape index (κ2) is 9.35. The van der Waals surface area contributed by atoms with E-state index in [1.807, 2.05) is 0 Å². The average molecular weight is 415 g/mol. The van der Waals surface area contributed by atoms with Crippen LogP contribution in [0.25, 0.3) is 0 Å². The maximum absolute atomic E-state index is 13.0. The number of benzene rings is 3. The van der Waals surface area contributed by atoms with Gasteiger partial charge in [0.2, 0.25) is 0 Å². The lowest BCUT2D eigenvalue weighted by Gasteiger charge is -2.24. The highest BCUT2D eigenvalue weighted by atomic mass is 19.4. The molecule has 3 aromatic rings. The Hall–Kier alpha value is -3.48. The fourth-order valence-corrected chi connectivity index (χ4v) is 2.90. The van der Waals surface area contributed by atoms with Crippen molar-refractivity contribution in [1.82, 2.24) is 4.90 Å². The Morgan fingerprint density at radius 3 is 2.07 bits per heavy atom. The number of hydrogen-bond donors (Lipinski definition) is 0. The first kappa shape index (κ1) is 21.2. The summed E-state index contributed by atoms with van der Waals surface area (Å²) in [6.45, 7) is -1.47. The lowest BCUT2D eigenvalue weighted by atomic mass is 10.1. The van der Waals surface area contributed by atoms with Gasteiger partial charge in [-0.2, -0.15) is 13.2 Å². The molecule has 0 N–H and O–H groups in total. The van der Waals surface area contributed by atoms with Crippen molar-refractivity contribution in [3.05, 3.63) is 90.0 Å². The van der Waals surface area contributed by atoms with Gasteiger partial charge in [-0.05, 0) is 42.0 Å². The van der Waals surface area contributed by atoms with Crippen molar-refractivity contribution in [2.24, 2.45) is 0 Å². The zero-order chi connectivity index (χ0) is 21.6. The third-order valence-corrected chi connectivity index (χ3v) is 4.27. The molecule has 4 nitrogen and oxygen atoms in total. The number of alkyl halides is 3. The largest absolute Gasteiger partial charge is 0.493 e. The third kappa shape index (κ3) is 5.76. The quantitative estimate of drug-likeness (QED) is 0.497. The van der Waals surface area contributed by atoms with E-state index in [2.05, 4.69) is 0 Å². The Morgan fingerprint density at radius 1 is 0.867 bits per heavy atom. The van der Waals surface area contributed by atoms with E-state index >= 15 is 0 Å². The van der Waals surface area contributed by atoms with Crippen LogP contribution in [0.5, 0.6) is 17.2 Å². The molecule has 0 bridgehead atoms. The summed E-state index contributed by atoms with van der Waals surface area (Å²) in [5.74, 6) is 0.750. The number of para-hydroxylation sites is 2. The van der Waals surface area contributed by atoms with Crippen molar-refractivity contribution in [2.45, 2.75) is 12.7 Å². The molecule has 0 saturated carbocycles. The Labute approximate surface area is 172 Å². The Kier molecular flexibility index (Phi) is 6.61. The number of methoxy groups -OCH3 is 1. The van der Waals surface area contributed by atoms with Gasteiger partial charge < -0.3 is 14.4 Å². The number of hydrogen-bond acceptors (Lipinski definition) is 3. The zero-order valence-corrected chi connectivity index (χ0v) is 16.2. The summed E-state index contributed by atoms with van der Waals surface area (Å²) in [5, 5.41) is 0. The highest BCUT2D eigenvalue weighted by Gasteiger charge is 2.33. The number of amides is 1. The molecule has 0 radical (unpaired) electrons. The molecule has 0 heterocycles. The molecule has 0 aliphatic rings. The molecule has 0 spiro atoms. The van der Waals surface area contributed by atoms with Gasteiger partial charge in [0.25, 0.3) is 5.91 Å². The molecule has 0 saturated heterocycles. The minimum absolute atomic E-state index is 0.140. The van der Waals surface area contributed by atoms with Crippen LogP contribution in [0.2, 0.25) is 0 Å². The van der Waals surface area contributed by atoms with Gasteiger partial charge in [0, 0.05) is 12.1 Å². The van der Waals surface area contributed by atoms with E-state index in [-0.39, 0.29) is 12.1 Å². The first-order valence-electron chi connectivity index (χ1n) is 9.16. The number of ether oxygens (including phenoxy) is 2. The molecule has 0 aliphatic carbocycles. The third-order valence-electron chi connectivity index (χ3n) is 4.27. The first-order chi connectivity index (χ1) is 14.4. The molecular formula is C23H20F3NO3. The summed E-state index contributed by atoms with van der Waals surface area (Å²) >= 11 is 0. The van der Waals surface area contributed by atoms with Crippen molar-refractivity contribution < 1.29 is 27.4 Å². The summed E-state index contributed by atoms with van der Waals surface area (Å²) in [7, 11) is 1.52. The molecule has 0 aliphatic heterocycles. The predicted molar refractivity (Wildman–Crippen MR) is 107 cm³/mol. The summed E-state index contributed by atoms with van der Waals surface area (Å²) < 4.78 is 50.1. The van der Waals surface area contributed by atoms with Crippen molar-refractivity contribution >= 4 is 5.91 Å². The van der Waals surface area contributed by atoms with Crippen LogP contribution >= 0.6 is 0 Å². The van der Waals surface area contributed by atoms with E-state index in [0.29, 0.717) is 22.8 Å². The van der Waals surface area contributed by atoms with Gasteiger partial charge in [-0.1, -0.05) is 42.5 Å². The van der Waals surface area contributed by atoms with Crippen LogP contribution in [-0.2, 0) is 6.54 Å². The van der Waals surface area contributed by atoms with Crippen LogP contribution < -0.4 is 9.47 Å². The number of nitrogens with zero attached hydrogens (tertiary/aromatic N) is 1. The highest BCUT2D eigenvalue weighted by molar-refractivity contribution is 5.94. The standard InChI is InChI=1S/C23H20F3NO3/c1-29-20-9-5-6-10-21(20)30-19-13-11-18(12-14-19)22(28)27(16-23(24,25)26)15-17-7-3-2-4-8-17/h2-14H,15-16H2,1H3. The molecule has 156 valence electrons. The average Bonchev–Trinajstić information content (AvgIpc) is 2.73. The number of rotatable bonds is 7. The minimum Gasteiger partial charge on any atom is -0.493 e. The number of carbonyl (C=O) groups is 1. The Bertz CT molecular complexity index is 973. The van der Waals surface area contributed by atoms with Crippen LogP contribution in [0.3, 0.4) is 0 Å². The van der Waals surface area contributed by atoms with E-state index in [0.717, 1.165) is 4.90 Å². The van der Waals surface area contributed by atoms with Crippen LogP contribution in [0.1, 0.15) is 15.9 Å². The molecule has 3 aromatic carbocycles. The van der Waals surface area contributed by atoms with Crippen molar-refractivity contribution in [2.75, 3.05) is 13.7 Å². The summed E-state index contributed by atoms with van der Waals surface area (Å²) in [6.07, 6.45) is -4.50. The van der Waals surface area contributed by atoms with Gasteiger partial charge in [-0.15, -0.1) is 0 Å². The predicted octanol–water partition coefficient (Wildman–Crippen LogP) is 5.69. The normalized spacial score (nSPS) is 11.1. The van der Waals surface area contributed by atoms with E-state index in [4.69, 9.17) is 9.47 Å². The maximum atomic E-state index is 13.0. The van der Waals surface area contributed by atoms with Crippen molar-refractivity contribution in [3.8, 4) is 17.2 Å². The zero-order valence-electron chi connectivity index (χ0n) is 16.2. The molecule has 7 heteroatoms. The van der Waals surface area contributed by atoms with Gasteiger partial charge >= 0.3 is 6.18 Å². The number of halogens is 3.